The Hall–Kier alpha value is -0.0800. The minimum atomic E-state index is 0.280. The molecule has 0 spiro atoms. The molecule has 106 valence electrons. The van der Waals surface area contributed by atoms with Crippen LogP contribution in [0.3, 0.4) is 0 Å². The number of likely N-dealkylation sites (tertiary alicyclic amines) is 1. The molecule has 0 amide bonds. The molecule has 0 aromatic carbocycles. The van der Waals surface area contributed by atoms with E-state index in [0.29, 0.717) is 10.8 Å². The average Bonchev–Trinajstić information content (AvgIpc) is 2.66. The van der Waals surface area contributed by atoms with Gasteiger partial charge in [0.05, 0.1) is 0 Å². The second-order valence-electron chi connectivity index (χ2n) is 7.62. The molecule has 0 aromatic heterocycles. The highest BCUT2D eigenvalue weighted by Crippen LogP contribution is 2.51. The zero-order valence-electron chi connectivity index (χ0n) is 12.9. The van der Waals surface area contributed by atoms with Gasteiger partial charge < -0.3 is 5.73 Å². The molecule has 0 aromatic rings. The van der Waals surface area contributed by atoms with E-state index in [1.807, 2.05) is 0 Å². The van der Waals surface area contributed by atoms with Crippen LogP contribution in [0.1, 0.15) is 66.2 Å². The Balaban J connectivity index is 2.12. The van der Waals surface area contributed by atoms with Crippen molar-refractivity contribution in [3.05, 3.63) is 0 Å². The topological polar surface area (TPSA) is 29.3 Å². The van der Waals surface area contributed by atoms with Gasteiger partial charge >= 0.3 is 0 Å². The van der Waals surface area contributed by atoms with Gasteiger partial charge in [-0.2, -0.15) is 0 Å². The van der Waals surface area contributed by atoms with Crippen LogP contribution in [-0.2, 0) is 0 Å². The summed E-state index contributed by atoms with van der Waals surface area (Å²) in [5.74, 6) is 0. The van der Waals surface area contributed by atoms with E-state index in [4.69, 9.17) is 5.73 Å². The lowest BCUT2D eigenvalue weighted by atomic mass is 9.70. The Bertz CT molecular complexity index is 289. The van der Waals surface area contributed by atoms with Crippen molar-refractivity contribution in [1.29, 1.82) is 0 Å². The van der Waals surface area contributed by atoms with Crippen LogP contribution in [0.15, 0.2) is 0 Å². The molecule has 1 saturated carbocycles. The first-order chi connectivity index (χ1) is 8.39. The molecule has 2 fully saturated rings. The first-order valence-electron chi connectivity index (χ1n) is 7.84. The van der Waals surface area contributed by atoms with E-state index in [-0.39, 0.29) is 5.54 Å². The molecule has 2 rings (SSSR count). The predicted molar refractivity (Wildman–Crippen MR) is 78.6 cm³/mol. The highest BCUT2D eigenvalue weighted by atomic mass is 15.2. The van der Waals surface area contributed by atoms with Gasteiger partial charge in [-0.1, -0.05) is 40.5 Å². The van der Waals surface area contributed by atoms with Crippen LogP contribution in [0.25, 0.3) is 0 Å². The van der Waals surface area contributed by atoms with E-state index < -0.39 is 0 Å². The van der Waals surface area contributed by atoms with Crippen molar-refractivity contribution < 1.29 is 0 Å². The minimum absolute atomic E-state index is 0.280. The predicted octanol–water partition coefficient (Wildman–Crippen LogP) is 3.41. The number of hydrogen-bond acceptors (Lipinski definition) is 2. The van der Waals surface area contributed by atoms with Crippen molar-refractivity contribution in [3.8, 4) is 0 Å². The van der Waals surface area contributed by atoms with Crippen LogP contribution in [0.2, 0.25) is 0 Å². The maximum absolute atomic E-state index is 6.23. The van der Waals surface area contributed by atoms with Gasteiger partial charge in [0.1, 0.15) is 0 Å². The maximum Gasteiger partial charge on any atom is 0.0382 e. The van der Waals surface area contributed by atoms with Crippen LogP contribution in [-0.4, -0.2) is 30.1 Å². The molecule has 2 nitrogen and oxygen atoms in total. The quantitative estimate of drug-likeness (QED) is 0.834. The lowest BCUT2D eigenvalue weighted by molar-refractivity contribution is -0.0275. The van der Waals surface area contributed by atoms with Crippen LogP contribution < -0.4 is 5.73 Å². The third-order valence-electron chi connectivity index (χ3n) is 6.42. The fraction of sp³-hybridized carbons (Fsp3) is 1.00. The molecule has 0 bridgehead atoms. The Morgan fingerprint density at radius 3 is 2.00 bits per heavy atom. The molecular weight excluding hydrogens is 220 g/mol. The van der Waals surface area contributed by atoms with Crippen molar-refractivity contribution in [2.24, 2.45) is 16.6 Å². The lowest BCUT2D eigenvalue weighted by Gasteiger charge is -2.53. The molecule has 2 heteroatoms. The minimum Gasteiger partial charge on any atom is -0.329 e. The third kappa shape index (κ3) is 2.12. The van der Waals surface area contributed by atoms with Crippen molar-refractivity contribution in [2.75, 3.05) is 19.6 Å². The van der Waals surface area contributed by atoms with Gasteiger partial charge in [0.25, 0.3) is 0 Å². The number of piperidine rings is 1. The molecule has 0 radical (unpaired) electrons. The summed E-state index contributed by atoms with van der Waals surface area (Å²) in [6, 6.07) is 0. The molecule has 1 atom stereocenters. The van der Waals surface area contributed by atoms with Gasteiger partial charge in [0.2, 0.25) is 0 Å². The van der Waals surface area contributed by atoms with Gasteiger partial charge in [-0.05, 0) is 49.6 Å². The largest absolute Gasteiger partial charge is 0.329 e. The van der Waals surface area contributed by atoms with Gasteiger partial charge in [-0.3, -0.25) is 4.90 Å². The summed E-state index contributed by atoms with van der Waals surface area (Å²) < 4.78 is 0. The van der Waals surface area contributed by atoms with E-state index >= 15 is 0 Å². The van der Waals surface area contributed by atoms with E-state index in [0.717, 1.165) is 6.54 Å². The first kappa shape index (κ1) is 14.3. The summed E-state index contributed by atoms with van der Waals surface area (Å²) in [6.45, 7) is 13.0. The van der Waals surface area contributed by atoms with E-state index in [9.17, 15) is 0 Å². The lowest BCUT2D eigenvalue weighted by Crippen LogP contribution is -2.62. The summed E-state index contributed by atoms with van der Waals surface area (Å²) in [6.07, 6.45) is 8.01. The molecule has 2 aliphatic rings. The zero-order chi connectivity index (χ0) is 13.4. The molecule has 18 heavy (non-hydrogen) atoms. The smallest absolute Gasteiger partial charge is 0.0382 e. The Labute approximate surface area is 113 Å². The molecule has 1 aliphatic heterocycles. The summed E-state index contributed by atoms with van der Waals surface area (Å²) in [4.78, 5) is 2.75. The Kier molecular flexibility index (Phi) is 3.81. The van der Waals surface area contributed by atoms with Gasteiger partial charge in [-0.15, -0.1) is 0 Å². The second-order valence-corrected chi connectivity index (χ2v) is 7.62. The summed E-state index contributed by atoms with van der Waals surface area (Å²) in [5, 5.41) is 0. The summed E-state index contributed by atoms with van der Waals surface area (Å²) >= 11 is 0. The monoisotopic (exact) mass is 252 g/mol. The van der Waals surface area contributed by atoms with E-state index in [1.165, 1.54) is 51.6 Å². The SMILES string of the molecule is CCC1(C)CCN(C2(CN)CCCC2(C)C)CC1. The van der Waals surface area contributed by atoms with Crippen LogP contribution in [0, 0.1) is 10.8 Å². The second kappa shape index (κ2) is 4.79. The van der Waals surface area contributed by atoms with Crippen molar-refractivity contribution in [3.63, 3.8) is 0 Å². The van der Waals surface area contributed by atoms with E-state index in [2.05, 4.69) is 32.6 Å². The van der Waals surface area contributed by atoms with Crippen molar-refractivity contribution in [2.45, 2.75) is 71.8 Å². The molecule has 1 saturated heterocycles. The normalized spacial score (nSPS) is 35.8. The van der Waals surface area contributed by atoms with Crippen molar-refractivity contribution in [1.82, 2.24) is 4.90 Å². The summed E-state index contributed by atoms with van der Waals surface area (Å²) in [5.41, 5.74) is 7.48. The Morgan fingerprint density at radius 1 is 1.00 bits per heavy atom. The first-order valence-corrected chi connectivity index (χ1v) is 7.84. The van der Waals surface area contributed by atoms with Crippen LogP contribution >= 0.6 is 0 Å². The number of hydrogen-bond donors (Lipinski definition) is 1. The molecule has 1 unspecified atom stereocenters. The molecular formula is C16H32N2. The zero-order valence-corrected chi connectivity index (χ0v) is 12.9. The fourth-order valence-corrected chi connectivity index (χ4v) is 4.32. The van der Waals surface area contributed by atoms with E-state index in [1.54, 1.807) is 0 Å². The van der Waals surface area contributed by atoms with Gasteiger partial charge in [-0.25, -0.2) is 0 Å². The molecule has 1 heterocycles. The average molecular weight is 252 g/mol. The third-order valence-corrected chi connectivity index (χ3v) is 6.42. The number of nitrogens with two attached hydrogens (primary N) is 1. The number of rotatable bonds is 3. The maximum atomic E-state index is 6.23. The van der Waals surface area contributed by atoms with Crippen LogP contribution in [0.4, 0.5) is 0 Å². The number of nitrogens with zero attached hydrogens (tertiary/aromatic N) is 1. The fourth-order valence-electron chi connectivity index (χ4n) is 4.32. The molecule has 2 N–H and O–H groups in total. The van der Waals surface area contributed by atoms with Crippen LogP contribution in [0.5, 0.6) is 0 Å². The highest BCUT2D eigenvalue weighted by molar-refractivity contribution is 5.08. The van der Waals surface area contributed by atoms with Gasteiger partial charge in [0, 0.05) is 12.1 Å². The standard InChI is InChI=1S/C16H32N2/c1-5-15(4)9-11-18(12-10-15)16(13-17)8-6-7-14(16,2)3/h5-13,17H2,1-4H3. The Morgan fingerprint density at radius 2 is 1.61 bits per heavy atom. The molecule has 1 aliphatic carbocycles. The summed E-state index contributed by atoms with van der Waals surface area (Å²) in [7, 11) is 0. The highest BCUT2D eigenvalue weighted by Gasteiger charge is 2.52. The van der Waals surface area contributed by atoms with Crippen molar-refractivity contribution >= 4 is 0 Å². The van der Waals surface area contributed by atoms with Gasteiger partial charge in [0.15, 0.2) is 0 Å².